The smallest absolute Gasteiger partial charge is 0.223 e. The average Bonchev–Trinajstić information content (AvgIpc) is 3.16. The number of amides is 1. The van der Waals surface area contributed by atoms with Gasteiger partial charge in [0.15, 0.2) is 6.10 Å². The minimum atomic E-state index is -0.128. The molecule has 0 aromatic heterocycles. The summed E-state index contributed by atoms with van der Waals surface area (Å²) in [4.78, 5) is 20.4. The summed E-state index contributed by atoms with van der Waals surface area (Å²) in [7, 11) is 1.65. The third-order valence-corrected chi connectivity index (χ3v) is 4.71. The van der Waals surface area contributed by atoms with Gasteiger partial charge in [-0.25, -0.2) is 0 Å². The van der Waals surface area contributed by atoms with E-state index in [2.05, 4.69) is 19.0 Å². The summed E-state index contributed by atoms with van der Waals surface area (Å²) in [5, 5.41) is 4.25. The van der Waals surface area contributed by atoms with Crippen LogP contribution in [0.2, 0.25) is 0 Å². The van der Waals surface area contributed by atoms with Gasteiger partial charge in [-0.3, -0.25) is 4.79 Å². The van der Waals surface area contributed by atoms with Crippen molar-refractivity contribution in [2.45, 2.75) is 39.3 Å². The Hall–Kier alpha value is -2.82. The van der Waals surface area contributed by atoms with Gasteiger partial charge in [-0.15, -0.1) is 0 Å². The molecule has 1 aliphatic heterocycles. The maximum Gasteiger partial charge on any atom is 0.223 e. The lowest BCUT2D eigenvalue weighted by Crippen LogP contribution is -2.37. The van der Waals surface area contributed by atoms with Crippen molar-refractivity contribution in [1.82, 2.24) is 4.90 Å². The highest BCUT2D eigenvalue weighted by molar-refractivity contribution is 6.01. The molecule has 0 saturated carbocycles. The molecule has 0 N–H and O–H groups in total. The number of oxime groups is 1. The maximum atomic E-state index is 12.9. The third kappa shape index (κ3) is 5.35. The normalized spacial score (nSPS) is 15.9. The van der Waals surface area contributed by atoms with E-state index in [4.69, 9.17) is 9.57 Å². The molecule has 2 aromatic carbocycles. The molecule has 0 fully saturated rings. The highest BCUT2D eigenvalue weighted by atomic mass is 16.6. The van der Waals surface area contributed by atoms with E-state index in [-0.39, 0.29) is 12.0 Å². The van der Waals surface area contributed by atoms with Crippen LogP contribution in [0.3, 0.4) is 0 Å². The van der Waals surface area contributed by atoms with Crippen LogP contribution >= 0.6 is 0 Å². The summed E-state index contributed by atoms with van der Waals surface area (Å²) in [5.74, 6) is 1.23. The number of benzene rings is 2. The molecule has 0 spiro atoms. The fourth-order valence-corrected chi connectivity index (χ4v) is 3.30. The van der Waals surface area contributed by atoms with Gasteiger partial charge in [0.1, 0.15) is 5.75 Å². The van der Waals surface area contributed by atoms with Crippen LogP contribution < -0.4 is 4.74 Å². The standard InChI is InChI=1S/C23H28N2O3/c1-17(2)12-23(26)25(15-18-8-7-11-20(13-18)27-3)16-21-14-22(24-28-21)19-9-5-4-6-10-19/h4-11,13,17,21H,12,14-16H2,1-3H3/t21-/m1/s1. The molecule has 5 nitrogen and oxygen atoms in total. The van der Waals surface area contributed by atoms with E-state index in [1.165, 1.54) is 0 Å². The number of hydrogen-bond donors (Lipinski definition) is 0. The quantitative estimate of drug-likeness (QED) is 0.687. The van der Waals surface area contributed by atoms with E-state index in [1.54, 1.807) is 7.11 Å². The van der Waals surface area contributed by atoms with Gasteiger partial charge >= 0.3 is 0 Å². The van der Waals surface area contributed by atoms with E-state index >= 15 is 0 Å². The van der Waals surface area contributed by atoms with Crippen molar-refractivity contribution in [3.63, 3.8) is 0 Å². The second-order valence-corrected chi connectivity index (χ2v) is 7.56. The highest BCUT2D eigenvalue weighted by Gasteiger charge is 2.27. The van der Waals surface area contributed by atoms with Gasteiger partial charge in [-0.05, 0) is 29.2 Å². The molecule has 0 unspecified atom stereocenters. The average molecular weight is 380 g/mol. The first kappa shape index (κ1) is 19.9. The Morgan fingerprint density at radius 2 is 2.00 bits per heavy atom. The lowest BCUT2D eigenvalue weighted by Gasteiger charge is -2.26. The molecule has 1 heterocycles. The second kappa shape index (κ2) is 9.40. The summed E-state index contributed by atoms with van der Waals surface area (Å²) in [6.07, 6.45) is 1.09. The molecule has 148 valence electrons. The first-order chi connectivity index (χ1) is 13.5. The van der Waals surface area contributed by atoms with E-state index in [1.807, 2.05) is 59.5 Å². The zero-order valence-electron chi connectivity index (χ0n) is 16.8. The lowest BCUT2D eigenvalue weighted by atomic mass is 10.0. The van der Waals surface area contributed by atoms with Crippen LogP contribution in [0.25, 0.3) is 0 Å². The van der Waals surface area contributed by atoms with E-state index in [0.29, 0.717) is 31.8 Å². The van der Waals surface area contributed by atoms with Crippen molar-refractivity contribution >= 4 is 11.6 Å². The van der Waals surface area contributed by atoms with Crippen LogP contribution in [-0.2, 0) is 16.2 Å². The number of carbonyl (C=O) groups is 1. The molecule has 1 atom stereocenters. The van der Waals surface area contributed by atoms with Crippen LogP contribution in [0.5, 0.6) is 5.75 Å². The Kier molecular flexibility index (Phi) is 6.69. The molecular weight excluding hydrogens is 352 g/mol. The Balaban J connectivity index is 1.68. The summed E-state index contributed by atoms with van der Waals surface area (Å²) < 4.78 is 5.31. The SMILES string of the molecule is COc1cccc(CN(C[C@H]2CC(c3ccccc3)=NO2)C(=O)CC(C)C)c1. The van der Waals surface area contributed by atoms with Crippen LogP contribution in [0.1, 0.15) is 37.8 Å². The van der Waals surface area contributed by atoms with Gasteiger partial charge in [0, 0.05) is 19.4 Å². The van der Waals surface area contributed by atoms with Crippen LogP contribution in [-0.4, -0.2) is 36.3 Å². The van der Waals surface area contributed by atoms with Crippen molar-refractivity contribution in [3.8, 4) is 5.75 Å². The van der Waals surface area contributed by atoms with Crippen molar-refractivity contribution in [2.75, 3.05) is 13.7 Å². The predicted molar refractivity (Wildman–Crippen MR) is 110 cm³/mol. The summed E-state index contributed by atoms with van der Waals surface area (Å²) in [5.41, 5.74) is 3.04. The summed E-state index contributed by atoms with van der Waals surface area (Å²) >= 11 is 0. The van der Waals surface area contributed by atoms with Crippen LogP contribution in [0, 0.1) is 5.92 Å². The molecule has 0 aliphatic carbocycles. The Morgan fingerprint density at radius 1 is 1.21 bits per heavy atom. The maximum absolute atomic E-state index is 12.9. The largest absolute Gasteiger partial charge is 0.497 e. The van der Waals surface area contributed by atoms with Gasteiger partial charge in [-0.2, -0.15) is 0 Å². The Labute approximate surface area is 166 Å². The Morgan fingerprint density at radius 3 is 2.71 bits per heavy atom. The van der Waals surface area contributed by atoms with Gasteiger partial charge in [0.2, 0.25) is 5.91 Å². The molecule has 28 heavy (non-hydrogen) atoms. The molecule has 0 bridgehead atoms. The fraction of sp³-hybridized carbons (Fsp3) is 0.391. The second-order valence-electron chi connectivity index (χ2n) is 7.56. The number of hydrogen-bond acceptors (Lipinski definition) is 4. The summed E-state index contributed by atoms with van der Waals surface area (Å²) in [6, 6.07) is 17.9. The minimum absolute atomic E-state index is 0.128. The number of carbonyl (C=O) groups excluding carboxylic acids is 1. The molecule has 5 heteroatoms. The molecular formula is C23H28N2O3. The monoisotopic (exact) mass is 380 g/mol. The molecule has 2 aromatic rings. The van der Waals surface area contributed by atoms with Crippen LogP contribution in [0.15, 0.2) is 59.8 Å². The van der Waals surface area contributed by atoms with Crippen molar-refractivity contribution < 1.29 is 14.4 Å². The van der Waals surface area contributed by atoms with Crippen molar-refractivity contribution in [2.24, 2.45) is 11.1 Å². The third-order valence-electron chi connectivity index (χ3n) is 4.71. The number of methoxy groups -OCH3 is 1. The Bertz CT molecular complexity index is 818. The van der Waals surface area contributed by atoms with Gasteiger partial charge in [0.25, 0.3) is 0 Å². The van der Waals surface area contributed by atoms with Gasteiger partial charge < -0.3 is 14.5 Å². The van der Waals surface area contributed by atoms with Crippen LogP contribution in [0.4, 0.5) is 0 Å². The van der Waals surface area contributed by atoms with Gasteiger partial charge in [0.05, 0.1) is 19.4 Å². The zero-order valence-corrected chi connectivity index (χ0v) is 16.8. The van der Waals surface area contributed by atoms with Gasteiger partial charge in [-0.1, -0.05) is 61.5 Å². The zero-order chi connectivity index (χ0) is 19.9. The lowest BCUT2D eigenvalue weighted by molar-refractivity contribution is -0.134. The highest BCUT2D eigenvalue weighted by Crippen LogP contribution is 2.21. The first-order valence-electron chi connectivity index (χ1n) is 9.74. The molecule has 0 radical (unpaired) electrons. The number of rotatable bonds is 8. The minimum Gasteiger partial charge on any atom is -0.497 e. The summed E-state index contributed by atoms with van der Waals surface area (Å²) in [6.45, 7) is 5.17. The molecule has 3 rings (SSSR count). The topological polar surface area (TPSA) is 51.1 Å². The molecule has 0 saturated heterocycles. The molecule has 1 aliphatic rings. The predicted octanol–water partition coefficient (Wildman–Crippen LogP) is 4.26. The fourth-order valence-electron chi connectivity index (χ4n) is 3.30. The van der Waals surface area contributed by atoms with Crippen molar-refractivity contribution in [3.05, 3.63) is 65.7 Å². The van der Waals surface area contributed by atoms with E-state index in [9.17, 15) is 4.79 Å². The number of ether oxygens (including phenoxy) is 1. The van der Waals surface area contributed by atoms with Crippen molar-refractivity contribution in [1.29, 1.82) is 0 Å². The molecule has 1 amide bonds. The van der Waals surface area contributed by atoms with E-state index in [0.717, 1.165) is 22.6 Å². The number of nitrogens with zero attached hydrogens (tertiary/aromatic N) is 2. The first-order valence-corrected chi connectivity index (χ1v) is 9.74. The van der Waals surface area contributed by atoms with E-state index < -0.39 is 0 Å².